The van der Waals surface area contributed by atoms with Crippen molar-refractivity contribution in [1.29, 1.82) is 0 Å². The van der Waals surface area contributed by atoms with Crippen LogP contribution in [0.4, 0.5) is 0 Å². The third kappa shape index (κ3) is 2.02. The number of nitrogens with zero attached hydrogens (tertiary/aromatic N) is 1. The number of aliphatic imine (C=N–C) groups is 1. The molecule has 1 unspecified atom stereocenters. The summed E-state index contributed by atoms with van der Waals surface area (Å²) in [6.45, 7) is 2.71. The molecule has 0 fully saturated rings. The van der Waals surface area contributed by atoms with E-state index < -0.39 is 0 Å². The Bertz CT molecular complexity index is 575. The number of ether oxygens (including phenoxy) is 1. The Kier molecular flexibility index (Phi) is 2.85. The van der Waals surface area contributed by atoms with Gasteiger partial charge in [-0.25, -0.2) is 4.99 Å². The lowest BCUT2D eigenvalue weighted by Gasteiger charge is -2.04. The van der Waals surface area contributed by atoms with Crippen molar-refractivity contribution in [2.24, 2.45) is 4.99 Å². The van der Waals surface area contributed by atoms with E-state index in [4.69, 9.17) is 4.74 Å². The first kappa shape index (κ1) is 11.0. The summed E-state index contributed by atoms with van der Waals surface area (Å²) in [4.78, 5) is 4.68. The van der Waals surface area contributed by atoms with Crippen LogP contribution in [0.2, 0.25) is 0 Å². The van der Waals surface area contributed by atoms with E-state index in [0.717, 1.165) is 11.5 Å². The van der Waals surface area contributed by atoms with Crippen molar-refractivity contribution in [3.8, 4) is 0 Å². The first-order valence-corrected chi connectivity index (χ1v) is 6.16. The molecule has 18 heavy (non-hydrogen) atoms. The zero-order valence-corrected chi connectivity index (χ0v) is 10.3. The molecule has 0 saturated heterocycles. The highest BCUT2D eigenvalue weighted by Gasteiger charge is 2.22. The van der Waals surface area contributed by atoms with E-state index in [9.17, 15) is 0 Å². The monoisotopic (exact) mass is 237 g/mol. The summed E-state index contributed by atoms with van der Waals surface area (Å²) in [5.74, 6) is 0.766. The fraction of sp³-hybridized carbons (Fsp3) is 0.188. The van der Waals surface area contributed by atoms with E-state index in [0.29, 0.717) is 6.61 Å². The smallest absolute Gasteiger partial charge is 0.217 e. The van der Waals surface area contributed by atoms with Crippen LogP contribution in [0.1, 0.15) is 22.7 Å². The van der Waals surface area contributed by atoms with Gasteiger partial charge in [0.1, 0.15) is 12.6 Å². The average Bonchev–Trinajstić information content (AvgIpc) is 2.90. The van der Waals surface area contributed by atoms with Crippen LogP contribution in [-0.2, 0) is 4.74 Å². The van der Waals surface area contributed by atoms with Crippen molar-refractivity contribution < 1.29 is 4.74 Å². The molecule has 2 heteroatoms. The minimum absolute atomic E-state index is 0.126. The van der Waals surface area contributed by atoms with E-state index in [1.54, 1.807) is 0 Å². The maximum atomic E-state index is 5.74. The first-order chi connectivity index (χ1) is 8.84. The molecule has 0 spiro atoms. The number of benzene rings is 2. The Morgan fingerprint density at radius 1 is 1.00 bits per heavy atom. The summed E-state index contributed by atoms with van der Waals surface area (Å²) >= 11 is 0. The van der Waals surface area contributed by atoms with Crippen LogP contribution >= 0.6 is 0 Å². The van der Waals surface area contributed by atoms with Gasteiger partial charge in [-0.3, -0.25) is 0 Å². The largest absolute Gasteiger partial charge is 0.475 e. The Morgan fingerprint density at radius 3 is 2.50 bits per heavy atom. The van der Waals surface area contributed by atoms with Crippen molar-refractivity contribution in [2.75, 3.05) is 6.61 Å². The lowest BCUT2D eigenvalue weighted by Crippen LogP contribution is -2.03. The van der Waals surface area contributed by atoms with E-state index in [2.05, 4.69) is 36.2 Å². The summed E-state index contributed by atoms with van der Waals surface area (Å²) in [5.41, 5.74) is 3.50. The van der Waals surface area contributed by atoms with Gasteiger partial charge < -0.3 is 4.74 Å². The number of aryl methyl sites for hydroxylation is 1. The Labute approximate surface area is 107 Å². The topological polar surface area (TPSA) is 21.6 Å². The zero-order valence-electron chi connectivity index (χ0n) is 10.3. The summed E-state index contributed by atoms with van der Waals surface area (Å²) in [6, 6.07) is 18.6. The molecule has 3 rings (SSSR count). The lowest BCUT2D eigenvalue weighted by atomic mass is 10.1. The van der Waals surface area contributed by atoms with Gasteiger partial charge in [0.2, 0.25) is 5.90 Å². The van der Waals surface area contributed by atoms with Gasteiger partial charge in [-0.15, -0.1) is 0 Å². The molecule has 0 amide bonds. The van der Waals surface area contributed by atoms with Gasteiger partial charge in [0.25, 0.3) is 0 Å². The molecule has 0 bridgehead atoms. The van der Waals surface area contributed by atoms with Crippen molar-refractivity contribution in [3.05, 3.63) is 71.3 Å². The standard InChI is InChI=1S/C16H15NO/c1-12-7-5-6-10-14(12)16-17-15(11-18-16)13-8-3-2-4-9-13/h2-10,15H,11H2,1H3. The van der Waals surface area contributed by atoms with Crippen LogP contribution in [-0.4, -0.2) is 12.5 Å². The van der Waals surface area contributed by atoms with Gasteiger partial charge in [-0.05, 0) is 24.1 Å². The van der Waals surface area contributed by atoms with Crippen LogP contribution in [0.5, 0.6) is 0 Å². The van der Waals surface area contributed by atoms with Crippen molar-refractivity contribution >= 4 is 5.90 Å². The molecule has 1 aliphatic heterocycles. The van der Waals surface area contributed by atoms with Crippen LogP contribution < -0.4 is 0 Å². The molecule has 0 aliphatic carbocycles. The van der Waals surface area contributed by atoms with E-state index >= 15 is 0 Å². The van der Waals surface area contributed by atoms with Crippen LogP contribution in [0.25, 0.3) is 0 Å². The second-order valence-electron chi connectivity index (χ2n) is 4.49. The zero-order chi connectivity index (χ0) is 12.4. The Hall–Kier alpha value is -2.09. The van der Waals surface area contributed by atoms with Crippen LogP contribution in [0.15, 0.2) is 59.6 Å². The highest BCUT2D eigenvalue weighted by molar-refractivity contribution is 5.96. The predicted molar refractivity (Wildman–Crippen MR) is 72.9 cm³/mol. The normalized spacial score (nSPS) is 18.3. The molecule has 0 N–H and O–H groups in total. The quantitative estimate of drug-likeness (QED) is 0.783. The minimum atomic E-state index is 0.126. The molecular weight excluding hydrogens is 222 g/mol. The fourth-order valence-electron chi connectivity index (χ4n) is 2.18. The Balaban J connectivity index is 1.91. The number of hydrogen-bond acceptors (Lipinski definition) is 2. The third-order valence-corrected chi connectivity index (χ3v) is 3.21. The van der Waals surface area contributed by atoms with E-state index in [1.807, 2.05) is 30.3 Å². The van der Waals surface area contributed by atoms with Crippen LogP contribution in [0.3, 0.4) is 0 Å². The van der Waals surface area contributed by atoms with Gasteiger partial charge in [-0.1, -0.05) is 48.5 Å². The van der Waals surface area contributed by atoms with Crippen molar-refractivity contribution in [3.63, 3.8) is 0 Å². The summed E-state index contributed by atoms with van der Waals surface area (Å²) in [6.07, 6.45) is 0. The first-order valence-electron chi connectivity index (χ1n) is 6.16. The lowest BCUT2D eigenvalue weighted by molar-refractivity contribution is 0.319. The second-order valence-corrected chi connectivity index (χ2v) is 4.49. The maximum Gasteiger partial charge on any atom is 0.217 e. The molecule has 0 aromatic heterocycles. The highest BCUT2D eigenvalue weighted by Crippen LogP contribution is 2.25. The van der Waals surface area contributed by atoms with Gasteiger partial charge in [0.15, 0.2) is 0 Å². The van der Waals surface area contributed by atoms with Gasteiger partial charge >= 0.3 is 0 Å². The second kappa shape index (κ2) is 4.65. The SMILES string of the molecule is Cc1ccccc1C1=NC(c2ccccc2)CO1. The van der Waals surface area contributed by atoms with Crippen molar-refractivity contribution in [1.82, 2.24) is 0 Å². The maximum absolute atomic E-state index is 5.74. The summed E-state index contributed by atoms with van der Waals surface area (Å²) in [7, 11) is 0. The highest BCUT2D eigenvalue weighted by atomic mass is 16.5. The van der Waals surface area contributed by atoms with Gasteiger partial charge in [0.05, 0.1) is 0 Å². The van der Waals surface area contributed by atoms with E-state index in [1.165, 1.54) is 11.1 Å². The number of hydrogen-bond donors (Lipinski definition) is 0. The van der Waals surface area contributed by atoms with Crippen LogP contribution in [0, 0.1) is 6.92 Å². The molecule has 0 radical (unpaired) electrons. The summed E-state index contributed by atoms with van der Waals surface area (Å²) < 4.78 is 5.74. The fourth-order valence-corrected chi connectivity index (χ4v) is 2.18. The molecule has 1 aliphatic rings. The Morgan fingerprint density at radius 2 is 1.72 bits per heavy atom. The summed E-state index contributed by atoms with van der Waals surface area (Å²) in [5, 5.41) is 0. The van der Waals surface area contributed by atoms with Gasteiger partial charge in [-0.2, -0.15) is 0 Å². The third-order valence-electron chi connectivity index (χ3n) is 3.21. The molecule has 90 valence electrons. The molecule has 0 saturated carbocycles. The number of rotatable bonds is 2. The molecule has 1 heterocycles. The predicted octanol–water partition coefficient (Wildman–Crippen LogP) is 3.51. The average molecular weight is 237 g/mol. The van der Waals surface area contributed by atoms with Crippen molar-refractivity contribution in [2.45, 2.75) is 13.0 Å². The molecule has 2 aromatic carbocycles. The minimum Gasteiger partial charge on any atom is -0.475 e. The molecule has 1 atom stereocenters. The van der Waals surface area contributed by atoms with E-state index in [-0.39, 0.29) is 6.04 Å². The van der Waals surface area contributed by atoms with Gasteiger partial charge in [0, 0.05) is 5.56 Å². The molecule has 2 nitrogen and oxygen atoms in total. The molecular formula is C16H15NO. The molecule has 2 aromatic rings.